The number of rotatable bonds is 4. The van der Waals surface area contributed by atoms with Crippen molar-refractivity contribution in [3.8, 4) is 0 Å². The molecule has 1 saturated carbocycles. The molecule has 0 amide bonds. The molecule has 2 atom stereocenters. The zero-order valence-corrected chi connectivity index (χ0v) is 12.2. The highest BCUT2D eigenvalue weighted by Crippen LogP contribution is 2.38. The maximum atomic E-state index is 5.61. The van der Waals surface area contributed by atoms with Crippen molar-refractivity contribution in [1.82, 2.24) is 5.32 Å². The van der Waals surface area contributed by atoms with E-state index in [1.165, 1.54) is 51.5 Å². The Labute approximate surface area is 110 Å². The van der Waals surface area contributed by atoms with E-state index in [1.54, 1.807) is 0 Å². The monoisotopic (exact) mass is 257 g/mol. The lowest BCUT2D eigenvalue weighted by Gasteiger charge is -2.38. The number of hydrogen-bond acceptors (Lipinski definition) is 3. The van der Waals surface area contributed by atoms with E-state index in [2.05, 4.69) is 30.3 Å². The average Bonchev–Trinajstić information content (AvgIpc) is 2.38. The molecule has 2 unspecified atom stereocenters. The van der Waals surface area contributed by atoms with Crippen molar-refractivity contribution < 1.29 is 4.74 Å². The van der Waals surface area contributed by atoms with Crippen LogP contribution in [0.5, 0.6) is 0 Å². The standard InChI is InChI=1S/C14H27NOS/c1-12-10-13(6-9-16-12)15-11-14(17-2)7-4-3-5-8-14/h12-13,15H,3-11H2,1-2H3. The molecule has 17 heavy (non-hydrogen) atoms. The molecule has 2 nitrogen and oxygen atoms in total. The van der Waals surface area contributed by atoms with Crippen molar-refractivity contribution in [2.75, 3.05) is 19.4 Å². The maximum absolute atomic E-state index is 5.61. The molecule has 0 spiro atoms. The summed E-state index contributed by atoms with van der Waals surface area (Å²) in [6.07, 6.45) is 12.2. The van der Waals surface area contributed by atoms with E-state index in [4.69, 9.17) is 4.74 Å². The minimum atomic E-state index is 0.442. The maximum Gasteiger partial charge on any atom is 0.0561 e. The zero-order chi connectivity index (χ0) is 12.1. The Bertz CT molecular complexity index is 228. The Balaban J connectivity index is 1.78. The van der Waals surface area contributed by atoms with Crippen molar-refractivity contribution in [2.24, 2.45) is 0 Å². The van der Waals surface area contributed by atoms with Crippen LogP contribution >= 0.6 is 11.8 Å². The molecular weight excluding hydrogens is 230 g/mol. The molecule has 1 aliphatic carbocycles. The van der Waals surface area contributed by atoms with Crippen molar-refractivity contribution in [1.29, 1.82) is 0 Å². The fraction of sp³-hybridized carbons (Fsp3) is 1.00. The van der Waals surface area contributed by atoms with Crippen LogP contribution in [0.15, 0.2) is 0 Å². The zero-order valence-electron chi connectivity index (χ0n) is 11.3. The van der Waals surface area contributed by atoms with Gasteiger partial charge in [-0.15, -0.1) is 0 Å². The summed E-state index contributed by atoms with van der Waals surface area (Å²) >= 11 is 2.09. The molecule has 1 saturated heterocycles. The first-order chi connectivity index (χ1) is 8.24. The normalized spacial score (nSPS) is 33.5. The summed E-state index contributed by atoms with van der Waals surface area (Å²) in [5.74, 6) is 0. The van der Waals surface area contributed by atoms with E-state index in [0.29, 0.717) is 16.9 Å². The summed E-state index contributed by atoms with van der Waals surface area (Å²) in [7, 11) is 0. The quantitative estimate of drug-likeness (QED) is 0.835. The molecule has 2 aliphatic rings. The fourth-order valence-electron chi connectivity index (χ4n) is 3.16. The van der Waals surface area contributed by atoms with Gasteiger partial charge in [-0.2, -0.15) is 11.8 Å². The van der Waals surface area contributed by atoms with E-state index >= 15 is 0 Å². The van der Waals surface area contributed by atoms with E-state index in [9.17, 15) is 0 Å². The van der Waals surface area contributed by atoms with Gasteiger partial charge in [0.05, 0.1) is 6.10 Å². The largest absolute Gasteiger partial charge is 0.378 e. The van der Waals surface area contributed by atoms with Gasteiger partial charge in [-0.25, -0.2) is 0 Å². The Morgan fingerprint density at radius 3 is 2.71 bits per heavy atom. The van der Waals surface area contributed by atoms with Crippen LogP contribution in [0.1, 0.15) is 51.9 Å². The van der Waals surface area contributed by atoms with Crippen LogP contribution in [-0.4, -0.2) is 36.3 Å². The number of ether oxygens (including phenoxy) is 1. The SMILES string of the molecule is CSC1(CNC2CCOC(C)C2)CCCCC1. The molecule has 1 N–H and O–H groups in total. The van der Waals surface area contributed by atoms with Crippen molar-refractivity contribution in [3.63, 3.8) is 0 Å². The first-order valence-corrected chi connectivity index (χ1v) is 8.37. The predicted molar refractivity (Wildman–Crippen MR) is 75.8 cm³/mol. The third-order valence-electron chi connectivity index (χ3n) is 4.40. The number of hydrogen-bond donors (Lipinski definition) is 1. The highest BCUT2D eigenvalue weighted by atomic mass is 32.2. The van der Waals surface area contributed by atoms with Gasteiger partial charge in [-0.3, -0.25) is 0 Å². The third kappa shape index (κ3) is 3.87. The lowest BCUT2D eigenvalue weighted by atomic mass is 9.87. The van der Waals surface area contributed by atoms with Gasteiger partial charge < -0.3 is 10.1 Å². The molecule has 0 aromatic carbocycles. The molecule has 2 fully saturated rings. The van der Waals surface area contributed by atoms with Crippen LogP contribution in [0.2, 0.25) is 0 Å². The number of nitrogens with one attached hydrogen (secondary N) is 1. The molecule has 1 heterocycles. The molecule has 1 aliphatic heterocycles. The summed E-state index contributed by atoms with van der Waals surface area (Å²) in [4.78, 5) is 0. The summed E-state index contributed by atoms with van der Waals surface area (Å²) in [6.45, 7) is 4.33. The van der Waals surface area contributed by atoms with E-state index < -0.39 is 0 Å². The lowest BCUT2D eigenvalue weighted by Crippen LogP contribution is -2.46. The predicted octanol–water partition coefficient (Wildman–Crippen LogP) is 3.21. The Kier molecular flexibility index (Phi) is 5.19. The van der Waals surface area contributed by atoms with Crippen LogP contribution < -0.4 is 5.32 Å². The van der Waals surface area contributed by atoms with Gasteiger partial charge >= 0.3 is 0 Å². The summed E-state index contributed by atoms with van der Waals surface area (Å²) in [6, 6.07) is 0.685. The van der Waals surface area contributed by atoms with Crippen molar-refractivity contribution in [2.45, 2.75) is 68.8 Å². The van der Waals surface area contributed by atoms with Crippen LogP contribution in [-0.2, 0) is 4.74 Å². The molecule has 0 aromatic heterocycles. The first-order valence-electron chi connectivity index (χ1n) is 7.14. The van der Waals surface area contributed by atoms with E-state index in [0.717, 1.165) is 6.61 Å². The molecule has 3 heteroatoms. The van der Waals surface area contributed by atoms with Crippen molar-refractivity contribution >= 4 is 11.8 Å². The van der Waals surface area contributed by atoms with Gasteiger partial charge in [0.25, 0.3) is 0 Å². The molecule has 100 valence electrons. The van der Waals surface area contributed by atoms with Gasteiger partial charge in [-0.05, 0) is 38.9 Å². The topological polar surface area (TPSA) is 21.3 Å². The van der Waals surface area contributed by atoms with Crippen LogP contribution in [0, 0.1) is 0 Å². The minimum absolute atomic E-state index is 0.442. The lowest BCUT2D eigenvalue weighted by molar-refractivity contribution is 0.0128. The highest BCUT2D eigenvalue weighted by molar-refractivity contribution is 8.00. The molecule has 0 aromatic rings. The summed E-state index contributed by atoms with van der Waals surface area (Å²) < 4.78 is 6.13. The average molecular weight is 257 g/mol. The Morgan fingerprint density at radius 2 is 2.06 bits per heavy atom. The van der Waals surface area contributed by atoms with E-state index in [1.807, 2.05) is 0 Å². The molecule has 0 bridgehead atoms. The summed E-state index contributed by atoms with van der Waals surface area (Å²) in [5.41, 5.74) is 0. The molecule has 2 rings (SSSR count). The van der Waals surface area contributed by atoms with Gasteiger partial charge in [-0.1, -0.05) is 19.3 Å². The van der Waals surface area contributed by atoms with Crippen LogP contribution in [0.4, 0.5) is 0 Å². The van der Waals surface area contributed by atoms with E-state index in [-0.39, 0.29) is 0 Å². The van der Waals surface area contributed by atoms with Crippen LogP contribution in [0.25, 0.3) is 0 Å². The smallest absolute Gasteiger partial charge is 0.0561 e. The highest BCUT2D eigenvalue weighted by Gasteiger charge is 2.32. The second-order valence-corrected chi connectivity index (χ2v) is 7.01. The third-order valence-corrected chi connectivity index (χ3v) is 5.81. The minimum Gasteiger partial charge on any atom is -0.378 e. The molecular formula is C14H27NOS. The van der Waals surface area contributed by atoms with Gasteiger partial charge in [0.1, 0.15) is 0 Å². The second kappa shape index (κ2) is 6.44. The first kappa shape index (κ1) is 13.7. The van der Waals surface area contributed by atoms with Gasteiger partial charge in [0.2, 0.25) is 0 Å². The fourth-order valence-corrected chi connectivity index (χ4v) is 4.09. The molecule has 0 radical (unpaired) electrons. The van der Waals surface area contributed by atoms with Gasteiger partial charge in [0, 0.05) is 23.9 Å². The van der Waals surface area contributed by atoms with Crippen LogP contribution in [0.3, 0.4) is 0 Å². The Morgan fingerprint density at radius 1 is 1.29 bits per heavy atom. The summed E-state index contributed by atoms with van der Waals surface area (Å²) in [5, 5.41) is 3.81. The van der Waals surface area contributed by atoms with Gasteiger partial charge in [0.15, 0.2) is 0 Å². The number of thioether (sulfide) groups is 1. The Hall–Kier alpha value is 0.270. The van der Waals surface area contributed by atoms with Crippen molar-refractivity contribution in [3.05, 3.63) is 0 Å². The second-order valence-electron chi connectivity index (χ2n) is 5.73.